The lowest BCUT2D eigenvalue weighted by Crippen LogP contribution is -2.31. The van der Waals surface area contributed by atoms with Gasteiger partial charge in [-0.05, 0) is 0 Å². The average Bonchev–Trinajstić information content (AvgIpc) is 2.79. The largest absolute Gasteiger partial charge is 0.463 e. The van der Waals surface area contributed by atoms with Crippen LogP contribution in [0.2, 0.25) is 0 Å². The van der Waals surface area contributed by atoms with E-state index >= 15 is 0 Å². The molecule has 1 rings (SSSR count). The van der Waals surface area contributed by atoms with Crippen molar-refractivity contribution in [2.45, 2.75) is 17.8 Å². The molecule has 1 atom stereocenters. The van der Waals surface area contributed by atoms with Crippen LogP contribution in [0.4, 0.5) is 8.78 Å². The molecular formula is C8H8F2O9S. The van der Waals surface area contributed by atoms with E-state index in [9.17, 15) is 23.2 Å². The second-order valence-electron chi connectivity index (χ2n) is 3.25. The van der Waals surface area contributed by atoms with Crippen LogP contribution in [0, 0.1) is 0 Å². The molecule has 1 fully saturated rings. The van der Waals surface area contributed by atoms with Crippen molar-refractivity contribution in [3.63, 3.8) is 0 Å². The number of ether oxygens (including phenoxy) is 3. The van der Waals surface area contributed by atoms with Crippen LogP contribution in [0.25, 0.3) is 0 Å². The molecule has 0 amide bonds. The molecule has 0 aromatic rings. The van der Waals surface area contributed by atoms with Gasteiger partial charge in [-0.1, -0.05) is 5.04 Å². The first-order chi connectivity index (χ1) is 9.36. The van der Waals surface area contributed by atoms with Gasteiger partial charge in [0.2, 0.25) is 6.10 Å². The highest BCUT2D eigenvalue weighted by atomic mass is 32.2. The Balaban J connectivity index is 2.32. The number of halogens is 2. The molecule has 0 aromatic heterocycles. The van der Waals surface area contributed by atoms with Crippen molar-refractivity contribution in [1.29, 1.82) is 0 Å². The smallest absolute Gasteiger partial charge is 0.415 e. The van der Waals surface area contributed by atoms with Gasteiger partial charge in [0.25, 0.3) is 0 Å². The van der Waals surface area contributed by atoms with Crippen LogP contribution in [-0.2, 0) is 38.0 Å². The summed E-state index contributed by atoms with van der Waals surface area (Å²) in [5.41, 5.74) is 0. The monoisotopic (exact) mass is 318 g/mol. The summed E-state index contributed by atoms with van der Waals surface area (Å²) < 4.78 is 42.1. The van der Waals surface area contributed by atoms with Gasteiger partial charge in [0, 0.05) is 6.42 Å². The zero-order valence-electron chi connectivity index (χ0n) is 9.58. The van der Waals surface area contributed by atoms with Gasteiger partial charge < -0.3 is 14.2 Å². The number of hydrogen-bond acceptors (Lipinski definition) is 10. The van der Waals surface area contributed by atoms with Crippen molar-refractivity contribution >= 4 is 30.0 Å². The van der Waals surface area contributed by atoms with E-state index in [1.807, 2.05) is 0 Å². The van der Waals surface area contributed by atoms with E-state index in [2.05, 4.69) is 23.6 Å². The Kier molecular flexibility index (Phi) is 6.06. The summed E-state index contributed by atoms with van der Waals surface area (Å²) in [5.74, 6) is -4.08. The first-order valence-corrected chi connectivity index (χ1v) is 5.68. The zero-order valence-corrected chi connectivity index (χ0v) is 10.4. The van der Waals surface area contributed by atoms with Gasteiger partial charge in [-0.2, -0.15) is 8.78 Å². The molecule has 0 radical (unpaired) electrons. The molecule has 1 saturated heterocycles. The third-order valence-electron chi connectivity index (χ3n) is 1.89. The van der Waals surface area contributed by atoms with E-state index in [4.69, 9.17) is 5.26 Å². The molecule has 1 aliphatic heterocycles. The zero-order chi connectivity index (χ0) is 15.2. The van der Waals surface area contributed by atoms with Crippen molar-refractivity contribution < 1.29 is 52.0 Å². The predicted octanol–water partition coefficient (Wildman–Crippen LogP) is 0.0505. The first-order valence-electron chi connectivity index (χ1n) is 4.94. The average molecular weight is 318 g/mol. The first kappa shape index (κ1) is 16.6. The lowest BCUT2D eigenvalue weighted by atomic mass is 10.3. The van der Waals surface area contributed by atoms with Crippen molar-refractivity contribution in [3.05, 3.63) is 0 Å². The Hall–Kier alpha value is -1.50. The maximum absolute atomic E-state index is 12.9. The Bertz CT molecular complexity index is 388. The Morgan fingerprint density at radius 3 is 2.75 bits per heavy atom. The lowest BCUT2D eigenvalue weighted by molar-refractivity contribution is -0.433. The van der Waals surface area contributed by atoms with E-state index in [0.29, 0.717) is 0 Å². The summed E-state index contributed by atoms with van der Waals surface area (Å²) in [6.45, 7) is -1.05. The normalized spacial score (nSPS) is 18.6. The fourth-order valence-corrected chi connectivity index (χ4v) is 1.32. The number of esters is 3. The summed E-state index contributed by atoms with van der Waals surface area (Å²) in [6, 6.07) is 0. The van der Waals surface area contributed by atoms with Crippen LogP contribution < -0.4 is 0 Å². The maximum atomic E-state index is 12.9. The molecule has 0 bridgehead atoms. The molecule has 114 valence electrons. The van der Waals surface area contributed by atoms with Gasteiger partial charge in [0.1, 0.15) is 12.0 Å². The molecule has 1 N–H and O–H groups in total. The molecule has 0 aliphatic carbocycles. The van der Waals surface area contributed by atoms with E-state index in [-0.39, 0.29) is 13.0 Å². The van der Waals surface area contributed by atoms with Gasteiger partial charge in [0.15, 0.2) is 6.61 Å². The van der Waals surface area contributed by atoms with E-state index in [1.54, 1.807) is 0 Å². The minimum atomic E-state index is -4.21. The van der Waals surface area contributed by atoms with E-state index < -0.39 is 47.9 Å². The van der Waals surface area contributed by atoms with Crippen LogP contribution in [0.15, 0.2) is 0 Å². The lowest BCUT2D eigenvalue weighted by Gasteiger charge is -2.12. The molecule has 0 spiro atoms. The molecule has 1 unspecified atom stereocenters. The number of cyclic esters (lactones) is 1. The third-order valence-corrected chi connectivity index (χ3v) is 2.39. The van der Waals surface area contributed by atoms with Gasteiger partial charge in [-0.25, -0.2) is 19.6 Å². The summed E-state index contributed by atoms with van der Waals surface area (Å²) in [5, 5.41) is 6.34. The van der Waals surface area contributed by atoms with Crippen molar-refractivity contribution in [2.24, 2.45) is 0 Å². The highest BCUT2D eigenvalue weighted by molar-refractivity contribution is 7.96. The minimum Gasteiger partial charge on any atom is -0.463 e. The van der Waals surface area contributed by atoms with Crippen LogP contribution in [0.1, 0.15) is 6.42 Å². The van der Waals surface area contributed by atoms with E-state index in [1.165, 1.54) is 0 Å². The van der Waals surface area contributed by atoms with Crippen LogP contribution >= 0.6 is 12.0 Å². The Morgan fingerprint density at radius 2 is 2.20 bits per heavy atom. The Morgan fingerprint density at radius 1 is 1.50 bits per heavy atom. The summed E-state index contributed by atoms with van der Waals surface area (Å²) >= 11 is -0.835. The van der Waals surface area contributed by atoms with Crippen molar-refractivity contribution in [2.75, 3.05) is 13.2 Å². The van der Waals surface area contributed by atoms with Crippen molar-refractivity contribution in [1.82, 2.24) is 0 Å². The fourth-order valence-electron chi connectivity index (χ4n) is 1.08. The molecule has 1 aliphatic rings. The fraction of sp³-hybridized carbons (Fsp3) is 0.625. The summed E-state index contributed by atoms with van der Waals surface area (Å²) in [6.07, 6.45) is -1.01. The number of hydrogen-bond donors (Lipinski definition) is 1. The van der Waals surface area contributed by atoms with Gasteiger partial charge in [-0.3, -0.25) is 0 Å². The maximum Gasteiger partial charge on any atom is 0.415 e. The molecule has 12 heteroatoms. The quantitative estimate of drug-likeness (QED) is 0.227. The second kappa shape index (κ2) is 7.33. The number of alkyl halides is 2. The number of rotatable bonds is 7. The number of carbonyl (C=O) groups is 3. The second-order valence-corrected chi connectivity index (χ2v) is 4.07. The van der Waals surface area contributed by atoms with Gasteiger partial charge in [0.05, 0.1) is 6.61 Å². The minimum absolute atomic E-state index is 0.0732. The molecule has 1 heterocycles. The SMILES string of the molecule is O=C(COC(=O)C(F)(F)SOOO)OC1CCOC1=O. The Labute approximate surface area is 114 Å². The third kappa shape index (κ3) is 4.88. The topological polar surface area (TPSA) is 118 Å². The molecule has 20 heavy (non-hydrogen) atoms. The highest BCUT2D eigenvalue weighted by Gasteiger charge is 2.44. The summed E-state index contributed by atoms with van der Waals surface area (Å²) in [4.78, 5) is 32.9. The van der Waals surface area contributed by atoms with Gasteiger partial charge >= 0.3 is 23.2 Å². The highest BCUT2D eigenvalue weighted by Crippen LogP contribution is 2.31. The molecule has 0 aromatic carbocycles. The van der Waals surface area contributed by atoms with E-state index in [0.717, 1.165) is 0 Å². The molecule has 9 nitrogen and oxygen atoms in total. The number of carbonyl (C=O) groups excluding carboxylic acids is 3. The molecular weight excluding hydrogens is 310 g/mol. The van der Waals surface area contributed by atoms with Crippen LogP contribution in [-0.4, -0.2) is 47.7 Å². The predicted molar refractivity (Wildman–Crippen MR) is 53.8 cm³/mol. The van der Waals surface area contributed by atoms with Crippen LogP contribution in [0.5, 0.6) is 0 Å². The molecule has 0 saturated carbocycles. The van der Waals surface area contributed by atoms with Gasteiger partial charge in [-0.15, -0.1) is 4.33 Å². The van der Waals surface area contributed by atoms with Crippen LogP contribution in [0.3, 0.4) is 0 Å². The van der Waals surface area contributed by atoms with Crippen molar-refractivity contribution in [3.8, 4) is 0 Å². The summed E-state index contributed by atoms with van der Waals surface area (Å²) in [7, 11) is 0. The standard InChI is InChI=1S/C8H8F2O9S/c9-8(10,20-19-18-14)7(13)16-3-5(11)17-4-1-2-15-6(4)12/h4,14H,1-3H2.